The number of rotatable bonds is 3. The van der Waals surface area contributed by atoms with Gasteiger partial charge in [-0.05, 0) is 0 Å². The Kier molecular flexibility index (Phi) is 2.37. The SMILES string of the molecule is O=[N+]([O-])OS(=O)(=O)S(=O)(=O)O. The molecule has 1 N–H and O–H groups in total. The minimum Gasteiger partial charge on any atom is -0.272 e. The van der Waals surface area contributed by atoms with Crippen LogP contribution in [-0.4, -0.2) is 26.5 Å². The van der Waals surface area contributed by atoms with E-state index in [0.717, 1.165) is 0 Å². The summed E-state index contributed by atoms with van der Waals surface area (Å²) in [5, 5.41) is 7.42. The second kappa shape index (κ2) is 2.60. The topological polar surface area (TPSA) is 141 Å². The van der Waals surface area contributed by atoms with Gasteiger partial charge in [-0.25, -0.2) is 0 Å². The molecule has 0 aromatic heterocycles. The fourth-order valence-electron chi connectivity index (χ4n) is 0.113. The van der Waals surface area contributed by atoms with Gasteiger partial charge in [-0.3, -0.25) is 4.55 Å². The molecule has 0 rings (SSSR count). The molecule has 0 aromatic carbocycles. The van der Waals surface area contributed by atoms with Crippen LogP contribution in [0.5, 0.6) is 0 Å². The van der Waals surface area contributed by atoms with Crippen molar-refractivity contribution < 1.29 is 30.8 Å². The standard InChI is InChI=1S/HNO8S2/c2-1(3)9-11(7,8)10(4,5)6/h(H,4,5,6). The van der Waals surface area contributed by atoms with Crippen molar-refractivity contribution in [2.45, 2.75) is 0 Å². The molecule has 0 aliphatic rings. The summed E-state index contributed by atoms with van der Waals surface area (Å²) < 4.78 is 49.8. The smallest absolute Gasteiger partial charge is 0.272 e. The Balaban J connectivity index is 4.96. The molecule has 0 unspecified atom stereocenters. The first-order valence-electron chi connectivity index (χ1n) is 1.73. The van der Waals surface area contributed by atoms with E-state index >= 15 is 0 Å². The highest BCUT2D eigenvalue weighted by atomic mass is 33.2. The Morgan fingerprint density at radius 3 is 1.73 bits per heavy atom. The Hall–Kier alpha value is -0.940. The first-order valence-corrected chi connectivity index (χ1v) is 5.10. The molecule has 9 nitrogen and oxygen atoms in total. The third-order valence-corrected chi connectivity index (χ3v) is 2.96. The van der Waals surface area contributed by atoms with Gasteiger partial charge in [-0.15, -0.1) is 10.1 Å². The molecule has 66 valence electrons. The summed E-state index contributed by atoms with van der Waals surface area (Å²) in [7, 11) is -11.2. The minimum atomic E-state index is -5.59. The predicted molar refractivity (Wildman–Crippen MR) is 28.5 cm³/mol. The Bertz CT molecular complexity index is 342. The van der Waals surface area contributed by atoms with Gasteiger partial charge in [0, 0.05) is 0 Å². The van der Waals surface area contributed by atoms with E-state index in [4.69, 9.17) is 4.55 Å². The average molecular weight is 207 g/mol. The maximum absolute atomic E-state index is 9.96. The van der Waals surface area contributed by atoms with E-state index in [0.29, 0.717) is 0 Å². The highest BCUT2D eigenvalue weighted by molar-refractivity contribution is 8.62. The molecule has 0 heterocycles. The van der Waals surface area contributed by atoms with Crippen LogP contribution in [0.4, 0.5) is 0 Å². The molecule has 0 aliphatic heterocycles. The monoisotopic (exact) mass is 207 g/mol. The maximum atomic E-state index is 9.96. The molecule has 0 amide bonds. The summed E-state index contributed by atoms with van der Waals surface area (Å²) in [5.41, 5.74) is 0. The fraction of sp³-hybridized carbons (Fsp3) is 0. The second-order valence-electron chi connectivity index (χ2n) is 1.13. The van der Waals surface area contributed by atoms with Crippen molar-refractivity contribution >= 4 is 18.3 Å². The van der Waals surface area contributed by atoms with Crippen molar-refractivity contribution in [3.63, 3.8) is 0 Å². The lowest BCUT2D eigenvalue weighted by Gasteiger charge is -1.93. The van der Waals surface area contributed by atoms with Crippen LogP contribution in [0, 0.1) is 10.1 Å². The quantitative estimate of drug-likeness (QED) is 0.250. The third kappa shape index (κ3) is 2.65. The zero-order chi connectivity index (χ0) is 9.28. The van der Waals surface area contributed by atoms with Gasteiger partial charge in [0.1, 0.15) is 0 Å². The average Bonchev–Trinajstić information content (AvgIpc) is 1.56. The molecule has 0 aliphatic carbocycles. The second-order valence-corrected chi connectivity index (χ2v) is 5.44. The zero-order valence-corrected chi connectivity index (χ0v) is 6.20. The van der Waals surface area contributed by atoms with Crippen LogP contribution in [0.1, 0.15) is 0 Å². The van der Waals surface area contributed by atoms with E-state index < -0.39 is 23.4 Å². The van der Waals surface area contributed by atoms with E-state index in [2.05, 4.69) is 4.28 Å². The Morgan fingerprint density at radius 2 is 1.64 bits per heavy atom. The Morgan fingerprint density at radius 1 is 1.27 bits per heavy atom. The molecule has 0 spiro atoms. The lowest BCUT2D eigenvalue weighted by Crippen LogP contribution is -2.20. The van der Waals surface area contributed by atoms with Gasteiger partial charge in [0.15, 0.2) is 0 Å². The molecule has 0 atom stereocenters. The van der Waals surface area contributed by atoms with Gasteiger partial charge in [0.25, 0.3) is 0 Å². The molecule has 0 bridgehead atoms. The summed E-state index contributed by atoms with van der Waals surface area (Å²) in [5.74, 6) is 0. The van der Waals surface area contributed by atoms with Crippen molar-refractivity contribution in [2.75, 3.05) is 0 Å². The van der Waals surface area contributed by atoms with Gasteiger partial charge < -0.3 is 0 Å². The summed E-state index contributed by atoms with van der Waals surface area (Å²) >= 11 is 0. The van der Waals surface area contributed by atoms with Crippen LogP contribution in [-0.2, 0) is 22.6 Å². The molecule has 11 heavy (non-hydrogen) atoms. The zero-order valence-electron chi connectivity index (χ0n) is 4.57. The van der Waals surface area contributed by atoms with Crippen LogP contribution >= 0.6 is 0 Å². The first-order chi connectivity index (χ1) is 4.67. The summed E-state index contributed by atoms with van der Waals surface area (Å²) in [4.78, 5) is 9.29. The number of hydrogen-bond donors (Lipinski definition) is 1. The fourth-order valence-corrected chi connectivity index (χ4v) is 0.719. The number of hydrogen-bond acceptors (Lipinski definition) is 7. The van der Waals surface area contributed by atoms with Crippen LogP contribution in [0.3, 0.4) is 0 Å². The summed E-state index contributed by atoms with van der Waals surface area (Å²) in [6, 6.07) is 0. The molecule has 0 aromatic rings. The van der Waals surface area contributed by atoms with E-state index in [1.54, 1.807) is 0 Å². The summed E-state index contributed by atoms with van der Waals surface area (Å²) in [6.07, 6.45) is 0. The van der Waals surface area contributed by atoms with Gasteiger partial charge >= 0.3 is 23.4 Å². The molecule has 0 fully saturated rings. The maximum Gasteiger partial charge on any atom is 0.434 e. The minimum absolute atomic E-state index is 1.87. The van der Waals surface area contributed by atoms with Gasteiger partial charge in [-0.1, -0.05) is 0 Å². The molecule has 0 saturated heterocycles. The Labute approximate surface area is 60.0 Å². The molecular weight excluding hydrogens is 206 g/mol. The summed E-state index contributed by atoms with van der Waals surface area (Å²) in [6.45, 7) is 0. The van der Waals surface area contributed by atoms with E-state index in [1.807, 2.05) is 0 Å². The van der Waals surface area contributed by atoms with Crippen LogP contribution < -0.4 is 0 Å². The van der Waals surface area contributed by atoms with E-state index in [1.165, 1.54) is 0 Å². The number of nitrogens with zero attached hydrogens (tertiary/aromatic N) is 1. The predicted octanol–water partition coefficient (Wildman–Crippen LogP) is -1.67. The van der Waals surface area contributed by atoms with Crippen LogP contribution in [0.15, 0.2) is 0 Å². The largest absolute Gasteiger partial charge is 0.434 e. The molecule has 0 radical (unpaired) electrons. The molecule has 11 heteroatoms. The van der Waals surface area contributed by atoms with Crippen molar-refractivity contribution in [1.29, 1.82) is 0 Å². The molecular formula is HNO8S2. The highest BCUT2D eigenvalue weighted by Gasteiger charge is 2.31. The highest BCUT2D eigenvalue weighted by Crippen LogP contribution is 2.01. The van der Waals surface area contributed by atoms with Crippen molar-refractivity contribution in [3.05, 3.63) is 10.1 Å². The van der Waals surface area contributed by atoms with Gasteiger partial charge in [0.05, 0.1) is 0 Å². The first kappa shape index (κ1) is 10.1. The van der Waals surface area contributed by atoms with Crippen molar-refractivity contribution in [2.24, 2.45) is 0 Å². The normalized spacial score (nSPS) is 12.5. The van der Waals surface area contributed by atoms with Crippen molar-refractivity contribution in [1.82, 2.24) is 0 Å². The van der Waals surface area contributed by atoms with Gasteiger partial charge in [0.2, 0.25) is 0 Å². The van der Waals surface area contributed by atoms with E-state index in [-0.39, 0.29) is 0 Å². The third-order valence-electron chi connectivity index (χ3n) is 0.410. The lowest BCUT2D eigenvalue weighted by atomic mass is 13.1. The molecule has 0 saturated carbocycles. The van der Waals surface area contributed by atoms with E-state index in [9.17, 15) is 26.9 Å². The lowest BCUT2D eigenvalue weighted by molar-refractivity contribution is -0.710. The van der Waals surface area contributed by atoms with Crippen molar-refractivity contribution in [3.8, 4) is 0 Å². The van der Waals surface area contributed by atoms with Crippen LogP contribution in [0.25, 0.3) is 0 Å². The van der Waals surface area contributed by atoms with Gasteiger partial charge in [-0.2, -0.15) is 21.1 Å². The van der Waals surface area contributed by atoms with Crippen LogP contribution in [0.2, 0.25) is 0 Å².